The molecule has 0 aliphatic carbocycles. The van der Waals surface area contributed by atoms with E-state index in [1.807, 2.05) is 12.1 Å². The largest absolute Gasteiger partial charge is 0.354 e. The van der Waals surface area contributed by atoms with Gasteiger partial charge in [-0.3, -0.25) is 0 Å². The van der Waals surface area contributed by atoms with Gasteiger partial charge in [-0.15, -0.1) is 0 Å². The van der Waals surface area contributed by atoms with Crippen molar-refractivity contribution in [1.82, 2.24) is 0 Å². The number of anilines is 4. The SMILES string of the molecule is Cc1cc(Nc2cccc(-c3ccccc3)c2)c(Nc2cccc(-c3ccccc3)c2)cc1C. The Morgan fingerprint density at radius 1 is 0.382 bits per heavy atom. The summed E-state index contributed by atoms with van der Waals surface area (Å²) in [5, 5.41) is 7.31. The van der Waals surface area contributed by atoms with Crippen LogP contribution in [0, 0.1) is 13.8 Å². The normalized spacial score (nSPS) is 10.6. The lowest BCUT2D eigenvalue weighted by Crippen LogP contribution is -2.00. The highest BCUT2D eigenvalue weighted by molar-refractivity contribution is 5.82. The zero-order valence-electron chi connectivity index (χ0n) is 19.5. The van der Waals surface area contributed by atoms with Gasteiger partial charge in [-0.2, -0.15) is 0 Å². The van der Waals surface area contributed by atoms with Gasteiger partial charge < -0.3 is 10.6 Å². The molecule has 5 rings (SSSR count). The maximum Gasteiger partial charge on any atom is 0.0626 e. The fraction of sp³-hybridized carbons (Fsp3) is 0.0625. The molecule has 0 amide bonds. The molecule has 0 unspecified atom stereocenters. The highest BCUT2D eigenvalue weighted by atomic mass is 15.0. The first-order valence-corrected chi connectivity index (χ1v) is 11.6. The molecular formula is C32H28N2. The Morgan fingerprint density at radius 3 is 1.18 bits per heavy atom. The van der Waals surface area contributed by atoms with E-state index in [9.17, 15) is 0 Å². The molecule has 0 aliphatic rings. The van der Waals surface area contributed by atoms with Gasteiger partial charge in [0.15, 0.2) is 0 Å². The second-order valence-electron chi connectivity index (χ2n) is 8.63. The molecular weight excluding hydrogens is 412 g/mol. The molecule has 0 bridgehead atoms. The minimum Gasteiger partial charge on any atom is -0.354 e. The van der Waals surface area contributed by atoms with E-state index in [4.69, 9.17) is 0 Å². The van der Waals surface area contributed by atoms with E-state index >= 15 is 0 Å². The van der Waals surface area contributed by atoms with Crippen LogP contribution in [0.4, 0.5) is 22.7 Å². The van der Waals surface area contributed by atoms with Crippen LogP contribution >= 0.6 is 0 Å². The van der Waals surface area contributed by atoms with Crippen LogP contribution in [0.5, 0.6) is 0 Å². The van der Waals surface area contributed by atoms with Crippen molar-refractivity contribution >= 4 is 22.7 Å². The summed E-state index contributed by atoms with van der Waals surface area (Å²) in [5.74, 6) is 0. The predicted octanol–water partition coefficient (Wildman–Crippen LogP) is 9.12. The van der Waals surface area contributed by atoms with Gasteiger partial charge in [0.05, 0.1) is 11.4 Å². The number of rotatable bonds is 6. The third kappa shape index (κ3) is 4.87. The van der Waals surface area contributed by atoms with Gasteiger partial charge in [0.25, 0.3) is 0 Å². The first kappa shape index (κ1) is 21.5. The lowest BCUT2D eigenvalue weighted by atomic mass is 10.0. The first-order chi connectivity index (χ1) is 16.7. The standard InChI is InChI=1S/C32H28N2/c1-23-19-31(33-29-17-9-15-27(21-29)25-11-5-3-6-12-25)32(20-24(23)2)34-30-18-10-16-28(22-30)26-13-7-4-8-14-26/h3-22,33-34H,1-2H3. The van der Waals surface area contributed by atoms with E-state index in [-0.39, 0.29) is 0 Å². The first-order valence-electron chi connectivity index (χ1n) is 11.6. The van der Waals surface area contributed by atoms with Gasteiger partial charge in [-0.05, 0) is 83.6 Å². The summed E-state index contributed by atoms with van der Waals surface area (Å²) in [5.41, 5.74) is 11.5. The number of hydrogen-bond donors (Lipinski definition) is 2. The van der Waals surface area contributed by atoms with Crippen LogP contribution in [-0.2, 0) is 0 Å². The number of benzene rings is 5. The van der Waals surface area contributed by atoms with Crippen molar-refractivity contribution < 1.29 is 0 Å². The average molecular weight is 441 g/mol. The summed E-state index contributed by atoms with van der Waals surface area (Å²) >= 11 is 0. The molecule has 2 heteroatoms. The van der Waals surface area contributed by atoms with E-state index < -0.39 is 0 Å². The predicted molar refractivity (Wildman–Crippen MR) is 146 cm³/mol. The molecule has 0 atom stereocenters. The maximum absolute atomic E-state index is 3.65. The van der Waals surface area contributed by atoms with Crippen LogP contribution in [0.1, 0.15) is 11.1 Å². The van der Waals surface area contributed by atoms with Crippen molar-refractivity contribution in [3.8, 4) is 22.3 Å². The van der Waals surface area contributed by atoms with Gasteiger partial charge in [-0.25, -0.2) is 0 Å². The smallest absolute Gasteiger partial charge is 0.0626 e. The van der Waals surface area contributed by atoms with Gasteiger partial charge in [0.2, 0.25) is 0 Å². The van der Waals surface area contributed by atoms with Crippen molar-refractivity contribution in [2.45, 2.75) is 13.8 Å². The third-order valence-corrected chi connectivity index (χ3v) is 6.13. The highest BCUT2D eigenvalue weighted by Gasteiger charge is 2.09. The zero-order chi connectivity index (χ0) is 23.3. The zero-order valence-corrected chi connectivity index (χ0v) is 19.5. The molecule has 2 nitrogen and oxygen atoms in total. The van der Waals surface area contributed by atoms with Crippen LogP contribution in [0.15, 0.2) is 121 Å². The van der Waals surface area contributed by atoms with Gasteiger partial charge in [0, 0.05) is 11.4 Å². The minimum absolute atomic E-state index is 1.05. The summed E-state index contributed by atoms with van der Waals surface area (Å²) in [6.07, 6.45) is 0. The maximum atomic E-state index is 3.65. The van der Waals surface area contributed by atoms with E-state index in [0.717, 1.165) is 22.7 Å². The Bertz CT molecular complexity index is 1300. The number of aryl methyl sites for hydroxylation is 2. The summed E-state index contributed by atoms with van der Waals surface area (Å²) < 4.78 is 0. The average Bonchev–Trinajstić information content (AvgIpc) is 2.88. The molecule has 34 heavy (non-hydrogen) atoms. The molecule has 166 valence electrons. The Labute approximate surface area is 201 Å². The summed E-state index contributed by atoms with van der Waals surface area (Å²) in [6, 6.07) is 42.5. The Hall–Kier alpha value is -4.30. The van der Waals surface area contributed by atoms with Crippen LogP contribution in [0.3, 0.4) is 0 Å². The lowest BCUT2D eigenvalue weighted by Gasteiger charge is -2.18. The lowest BCUT2D eigenvalue weighted by molar-refractivity contribution is 1.33. The minimum atomic E-state index is 1.05. The van der Waals surface area contributed by atoms with Crippen molar-refractivity contribution in [2.75, 3.05) is 10.6 Å². The van der Waals surface area contributed by atoms with Crippen molar-refractivity contribution in [2.24, 2.45) is 0 Å². The molecule has 0 aliphatic heterocycles. The number of hydrogen-bond acceptors (Lipinski definition) is 2. The fourth-order valence-corrected chi connectivity index (χ4v) is 4.15. The van der Waals surface area contributed by atoms with E-state index in [0.29, 0.717) is 0 Å². The van der Waals surface area contributed by atoms with Crippen LogP contribution < -0.4 is 10.6 Å². The molecule has 0 saturated carbocycles. The van der Waals surface area contributed by atoms with Gasteiger partial charge in [-0.1, -0.05) is 84.9 Å². The molecule has 0 spiro atoms. The molecule has 0 saturated heterocycles. The van der Waals surface area contributed by atoms with Crippen LogP contribution in [0.2, 0.25) is 0 Å². The van der Waals surface area contributed by atoms with Crippen LogP contribution in [-0.4, -0.2) is 0 Å². The molecule has 2 N–H and O–H groups in total. The van der Waals surface area contributed by atoms with E-state index in [2.05, 4.69) is 134 Å². The third-order valence-electron chi connectivity index (χ3n) is 6.13. The number of nitrogens with one attached hydrogen (secondary N) is 2. The molecule has 0 heterocycles. The van der Waals surface area contributed by atoms with Gasteiger partial charge in [0.1, 0.15) is 0 Å². The summed E-state index contributed by atoms with van der Waals surface area (Å²) in [6.45, 7) is 4.31. The molecule has 0 fully saturated rings. The monoisotopic (exact) mass is 440 g/mol. The Kier molecular flexibility index (Phi) is 6.13. The summed E-state index contributed by atoms with van der Waals surface area (Å²) in [7, 11) is 0. The molecule has 5 aromatic rings. The van der Waals surface area contributed by atoms with E-state index in [1.165, 1.54) is 33.4 Å². The van der Waals surface area contributed by atoms with Crippen molar-refractivity contribution in [1.29, 1.82) is 0 Å². The summed E-state index contributed by atoms with van der Waals surface area (Å²) in [4.78, 5) is 0. The van der Waals surface area contributed by atoms with Crippen molar-refractivity contribution in [3.05, 3.63) is 132 Å². The van der Waals surface area contributed by atoms with Crippen molar-refractivity contribution in [3.63, 3.8) is 0 Å². The van der Waals surface area contributed by atoms with E-state index in [1.54, 1.807) is 0 Å². The van der Waals surface area contributed by atoms with Crippen LogP contribution in [0.25, 0.3) is 22.3 Å². The topological polar surface area (TPSA) is 24.1 Å². The molecule has 5 aromatic carbocycles. The highest BCUT2D eigenvalue weighted by Crippen LogP contribution is 2.33. The Balaban J connectivity index is 1.46. The molecule has 0 aromatic heterocycles. The fourth-order valence-electron chi connectivity index (χ4n) is 4.15. The molecule has 0 radical (unpaired) electrons. The Morgan fingerprint density at radius 2 is 0.765 bits per heavy atom. The second kappa shape index (κ2) is 9.68. The second-order valence-corrected chi connectivity index (χ2v) is 8.63. The quantitative estimate of drug-likeness (QED) is 0.275. The van der Waals surface area contributed by atoms with Gasteiger partial charge >= 0.3 is 0 Å².